The minimum absolute atomic E-state index is 0.0121. The first-order valence-corrected chi connectivity index (χ1v) is 5.62. The molecule has 1 aromatic rings. The lowest BCUT2D eigenvalue weighted by Gasteiger charge is -2.21. The first kappa shape index (κ1) is 11.3. The minimum Gasteiger partial charge on any atom is -0.316 e. The summed E-state index contributed by atoms with van der Waals surface area (Å²) in [6, 6.07) is 1.54. The Kier molecular flexibility index (Phi) is 3.69. The van der Waals surface area contributed by atoms with E-state index in [2.05, 4.69) is 20.6 Å². The predicted octanol–water partition coefficient (Wildman–Crippen LogP) is 1.07. The van der Waals surface area contributed by atoms with Crippen molar-refractivity contribution >= 4 is 23.3 Å². The molecule has 1 saturated heterocycles. The SMILES string of the molecule is O=C(Nc1cc(Cl)ncn1)[C@H]1CCCNC1. The molecule has 5 nitrogen and oxygen atoms in total. The van der Waals surface area contributed by atoms with Crippen LogP contribution in [0.3, 0.4) is 0 Å². The molecule has 1 atom stereocenters. The molecular weight excluding hydrogens is 228 g/mol. The molecule has 0 unspecified atom stereocenters. The third kappa shape index (κ3) is 2.90. The van der Waals surface area contributed by atoms with Gasteiger partial charge in [0, 0.05) is 12.6 Å². The van der Waals surface area contributed by atoms with Crippen LogP contribution in [0.4, 0.5) is 5.82 Å². The minimum atomic E-state index is -0.0121. The molecule has 1 amide bonds. The van der Waals surface area contributed by atoms with Gasteiger partial charge in [0.15, 0.2) is 0 Å². The average molecular weight is 241 g/mol. The van der Waals surface area contributed by atoms with Crippen molar-refractivity contribution in [2.45, 2.75) is 12.8 Å². The largest absolute Gasteiger partial charge is 0.316 e. The molecule has 0 spiro atoms. The fourth-order valence-electron chi connectivity index (χ4n) is 1.71. The summed E-state index contributed by atoms with van der Waals surface area (Å²) in [6.07, 6.45) is 3.28. The molecule has 0 aliphatic carbocycles. The van der Waals surface area contributed by atoms with E-state index in [4.69, 9.17) is 11.6 Å². The van der Waals surface area contributed by atoms with E-state index < -0.39 is 0 Å². The number of aromatic nitrogens is 2. The third-order valence-corrected chi connectivity index (χ3v) is 2.76. The number of anilines is 1. The smallest absolute Gasteiger partial charge is 0.229 e. The van der Waals surface area contributed by atoms with Crippen LogP contribution in [0.1, 0.15) is 12.8 Å². The first-order valence-electron chi connectivity index (χ1n) is 5.25. The Morgan fingerprint density at radius 2 is 2.44 bits per heavy atom. The van der Waals surface area contributed by atoms with Crippen LogP contribution < -0.4 is 10.6 Å². The molecule has 1 fully saturated rings. The molecular formula is C10H13ClN4O. The number of hydrogen-bond donors (Lipinski definition) is 2. The number of carbonyl (C=O) groups is 1. The van der Waals surface area contributed by atoms with Crippen molar-refractivity contribution in [1.29, 1.82) is 0 Å². The van der Waals surface area contributed by atoms with E-state index in [0.717, 1.165) is 25.9 Å². The number of nitrogens with one attached hydrogen (secondary N) is 2. The van der Waals surface area contributed by atoms with Gasteiger partial charge in [-0.1, -0.05) is 11.6 Å². The Bertz CT molecular complexity index is 379. The summed E-state index contributed by atoms with van der Waals surface area (Å²) in [5, 5.41) is 6.26. The number of piperidine rings is 1. The van der Waals surface area contributed by atoms with E-state index >= 15 is 0 Å². The van der Waals surface area contributed by atoms with Crippen LogP contribution in [0.15, 0.2) is 12.4 Å². The molecule has 0 saturated carbocycles. The molecule has 1 aromatic heterocycles. The maximum Gasteiger partial charge on any atom is 0.229 e. The Labute approximate surface area is 98.6 Å². The standard InChI is InChI=1S/C10H13ClN4O/c11-8-4-9(14-6-13-8)15-10(16)7-2-1-3-12-5-7/h4,6-7,12H,1-3,5H2,(H,13,14,15,16)/t7-/m0/s1. The van der Waals surface area contributed by atoms with Gasteiger partial charge in [-0.2, -0.15) is 0 Å². The van der Waals surface area contributed by atoms with Gasteiger partial charge in [-0.15, -0.1) is 0 Å². The number of nitrogens with zero attached hydrogens (tertiary/aromatic N) is 2. The monoisotopic (exact) mass is 240 g/mol. The number of halogens is 1. The van der Waals surface area contributed by atoms with E-state index in [1.165, 1.54) is 12.4 Å². The molecule has 6 heteroatoms. The van der Waals surface area contributed by atoms with Gasteiger partial charge >= 0.3 is 0 Å². The predicted molar refractivity (Wildman–Crippen MR) is 61.3 cm³/mol. The summed E-state index contributed by atoms with van der Waals surface area (Å²) in [6.45, 7) is 1.72. The van der Waals surface area contributed by atoms with Gasteiger partial charge in [0.2, 0.25) is 5.91 Å². The van der Waals surface area contributed by atoms with Crippen molar-refractivity contribution < 1.29 is 4.79 Å². The van der Waals surface area contributed by atoms with Crippen LogP contribution in [0.5, 0.6) is 0 Å². The Morgan fingerprint density at radius 1 is 1.56 bits per heavy atom. The number of hydrogen-bond acceptors (Lipinski definition) is 4. The van der Waals surface area contributed by atoms with Crippen molar-refractivity contribution in [3.05, 3.63) is 17.5 Å². The maximum atomic E-state index is 11.8. The van der Waals surface area contributed by atoms with Crippen molar-refractivity contribution in [3.8, 4) is 0 Å². The lowest BCUT2D eigenvalue weighted by Crippen LogP contribution is -2.37. The number of amides is 1. The normalized spacial score (nSPS) is 20.4. The van der Waals surface area contributed by atoms with Crippen molar-refractivity contribution in [2.75, 3.05) is 18.4 Å². The highest BCUT2D eigenvalue weighted by atomic mass is 35.5. The van der Waals surface area contributed by atoms with Crippen molar-refractivity contribution in [3.63, 3.8) is 0 Å². The Morgan fingerprint density at radius 3 is 3.12 bits per heavy atom. The highest BCUT2D eigenvalue weighted by Gasteiger charge is 2.21. The van der Waals surface area contributed by atoms with E-state index in [1.54, 1.807) is 0 Å². The van der Waals surface area contributed by atoms with Gasteiger partial charge in [0.05, 0.1) is 5.92 Å². The van der Waals surface area contributed by atoms with Crippen LogP contribution >= 0.6 is 11.6 Å². The molecule has 2 N–H and O–H groups in total. The summed E-state index contributed by atoms with van der Waals surface area (Å²) in [5.41, 5.74) is 0. The molecule has 86 valence electrons. The van der Waals surface area contributed by atoms with Gasteiger partial charge < -0.3 is 10.6 Å². The second-order valence-corrected chi connectivity index (χ2v) is 4.15. The number of rotatable bonds is 2. The zero-order valence-electron chi connectivity index (χ0n) is 8.74. The fourth-order valence-corrected chi connectivity index (χ4v) is 1.85. The lowest BCUT2D eigenvalue weighted by atomic mass is 9.99. The van der Waals surface area contributed by atoms with Crippen LogP contribution in [0.2, 0.25) is 5.15 Å². The second kappa shape index (κ2) is 5.23. The van der Waals surface area contributed by atoms with Crippen LogP contribution in [-0.2, 0) is 4.79 Å². The third-order valence-electron chi connectivity index (χ3n) is 2.55. The number of carbonyl (C=O) groups excluding carboxylic acids is 1. The van der Waals surface area contributed by atoms with E-state index in [0.29, 0.717) is 11.0 Å². The molecule has 1 aliphatic heterocycles. The summed E-state index contributed by atoms with van der Waals surface area (Å²) < 4.78 is 0. The van der Waals surface area contributed by atoms with Crippen LogP contribution in [0.25, 0.3) is 0 Å². The molecule has 1 aliphatic rings. The highest BCUT2D eigenvalue weighted by molar-refractivity contribution is 6.29. The first-order chi connectivity index (χ1) is 7.75. The van der Waals surface area contributed by atoms with E-state index in [-0.39, 0.29) is 11.8 Å². The van der Waals surface area contributed by atoms with E-state index in [9.17, 15) is 4.79 Å². The fraction of sp³-hybridized carbons (Fsp3) is 0.500. The van der Waals surface area contributed by atoms with Gasteiger partial charge in [-0.05, 0) is 19.4 Å². The average Bonchev–Trinajstić information content (AvgIpc) is 2.30. The van der Waals surface area contributed by atoms with Crippen molar-refractivity contribution in [2.24, 2.45) is 5.92 Å². The molecule has 0 bridgehead atoms. The quantitative estimate of drug-likeness (QED) is 0.759. The van der Waals surface area contributed by atoms with Gasteiger partial charge in [-0.3, -0.25) is 4.79 Å². The molecule has 0 radical (unpaired) electrons. The molecule has 2 heterocycles. The lowest BCUT2D eigenvalue weighted by molar-refractivity contribution is -0.120. The Balaban J connectivity index is 1.96. The molecule has 16 heavy (non-hydrogen) atoms. The van der Waals surface area contributed by atoms with Gasteiger partial charge in [-0.25, -0.2) is 9.97 Å². The van der Waals surface area contributed by atoms with Gasteiger partial charge in [0.1, 0.15) is 17.3 Å². The zero-order chi connectivity index (χ0) is 11.4. The molecule has 2 rings (SSSR count). The molecule has 0 aromatic carbocycles. The summed E-state index contributed by atoms with van der Waals surface area (Å²) >= 11 is 5.70. The topological polar surface area (TPSA) is 66.9 Å². The Hall–Kier alpha value is -1.20. The van der Waals surface area contributed by atoms with Crippen LogP contribution in [0, 0.1) is 5.92 Å². The van der Waals surface area contributed by atoms with Gasteiger partial charge in [0.25, 0.3) is 0 Å². The second-order valence-electron chi connectivity index (χ2n) is 3.76. The van der Waals surface area contributed by atoms with Crippen LogP contribution in [-0.4, -0.2) is 29.0 Å². The zero-order valence-corrected chi connectivity index (χ0v) is 9.50. The summed E-state index contributed by atoms with van der Waals surface area (Å²) in [4.78, 5) is 19.5. The van der Waals surface area contributed by atoms with Crippen molar-refractivity contribution in [1.82, 2.24) is 15.3 Å². The summed E-state index contributed by atoms with van der Waals surface area (Å²) in [7, 11) is 0. The van der Waals surface area contributed by atoms with E-state index in [1.807, 2.05) is 0 Å². The maximum absolute atomic E-state index is 11.8. The summed E-state index contributed by atoms with van der Waals surface area (Å²) in [5.74, 6) is 0.458. The highest BCUT2D eigenvalue weighted by Crippen LogP contribution is 2.14.